The van der Waals surface area contributed by atoms with Crippen LogP contribution in [0.5, 0.6) is 0 Å². The van der Waals surface area contributed by atoms with E-state index < -0.39 is 0 Å². The molecule has 2 rings (SSSR count). The van der Waals surface area contributed by atoms with Crippen LogP contribution in [0.2, 0.25) is 0 Å². The van der Waals surface area contributed by atoms with E-state index in [1.807, 2.05) is 36.3 Å². The van der Waals surface area contributed by atoms with Crippen LogP contribution in [0.4, 0.5) is 0 Å². The number of nitrogens with zero attached hydrogens (tertiary/aromatic N) is 4. The molecule has 5 heteroatoms. The third-order valence-corrected chi connectivity index (χ3v) is 3.10. The van der Waals surface area contributed by atoms with Crippen LogP contribution >= 0.6 is 0 Å². The lowest BCUT2D eigenvalue weighted by molar-refractivity contribution is 0.197. The zero-order valence-corrected chi connectivity index (χ0v) is 11.5. The lowest BCUT2D eigenvalue weighted by Gasteiger charge is -2.18. The molecule has 5 nitrogen and oxygen atoms in total. The number of pyridine rings is 1. The van der Waals surface area contributed by atoms with Crippen LogP contribution in [0.25, 0.3) is 11.3 Å². The Balaban J connectivity index is 2.26. The summed E-state index contributed by atoms with van der Waals surface area (Å²) < 4.78 is 1.82. The molecule has 2 aromatic heterocycles. The van der Waals surface area contributed by atoms with E-state index in [1.54, 1.807) is 6.20 Å². The van der Waals surface area contributed by atoms with Gasteiger partial charge in [-0.15, -0.1) is 0 Å². The molecule has 0 saturated carbocycles. The predicted molar refractivity (Wildman–Crippen MR) is 74.5 cm³/mol. The van der Waals surface area contributed by atoms with Gasteiger partial charge in [0, 0.05) is 49.9 Å². The van der Waals surface area contributed by atoms with E-state index >= 15 is 0 Å². The van der Waals surface area contributed by atoms with E-state index in [2.05, 4.69) is 21.9 Å². The summed E-state index contributed by atoms with van der Waals surface area (Å²) in [5.74, 6) is 0. The van der Waals surface area contributed by atoms with E-state index in [9.17, 15) is 0 Å². The number of aliphatic hydroxyl groups excluding tert-OH is 1. The standard InChI is InChI=1S/C14H20N4O/c1-3-18(7-8-19)11-13-10-17(2)16-14(13)12-5-4-6-15-9-12/h4-6,9-10,19H,3,7-8,11H2,1-2H3. The van der Waals surface area contributed by atoms with Gasteiger partial charge in [0.15, 0.2) is 0 Å². The summed E-state index contributed by atoms with van der Waals surface area (Å²) in [5, 5.41) is 13.6. The minimum Gasteiger partial charge on any atom is -0.395 e. The molecule has 0 aliphatic heterocycles. The Morgan fingerprint density at radius 1 is 1.42 bits per heavy atom. The van der Waals surface area contributed by atoms with E-state index in [-0.39, 0.29) is 6.61 Å². The minimum atomic E-state index is 0.177. The minimum absolute atomic E-state index is 0.177. The first-order chi connectivity index (χ1) is 9.24. The van der Waals surface area contributed by atoms with Crippen LogP contribution in [0.3, 0.4) is 0 Å². The Morgan fingerprint density at radius 2 is 2.26 bits per heavy atom. The van der Waals surface area contributed by atoms with Gasteiger partial charge in [-0.05, 0) is 18.7 Å². The predicted octanol–water partition coefficient (Wildman–Crippen LogP) is 1.30. The second-order valence-electron chi connectivity index (χ2n) is 4.51. The van der Waals surface area contributed by atoms with Gasteiger partial charge in [-0.1, -0.05) is 6.92 Å². The van der Waals surface area contributed by atoms with Crippen molar-refractivity contribution in [2.24, 2.45) is 7.05 Å². The zero-order chi connectivity index (χ0) is 13.7. The Hall–Kier alpha value is -1.72. The summed E-state index contributed by atoms with van der Waals surface area (Å²) in [7, 11) is 1.92. The molecule has 0 bridgehead atoms. The largest absolute Gasteiger partial charge is 0.395 e. The molecule has 0 saturated heterocycles. The highest BCUT2D eigenvalue weighted by atomic mass is 16.3. The first kappa shape index (κ1) is 13.7. The fraction of sp³-hybridized carbons (Fsp3) is 0.429. The molecular weight excluding hydrogens is 240 g/mol. The van der Waals surface area contributed by atoms with Gasteiger partial charge in [-0.3, -0.25) is 14.6 Å². The molecule has 19 heavy (non-hydrogen) atoms. The van der Waals surface area contributed by atoms with E-state index in [4.69, 9.17) is 5.11 Å². The summed E-state index contributed by atoms with van der Waals surface area (Å²) in [5.41, 5.74) is 3.15. The molecule has 0 radical (unpaired) electrons. The monoisotopic (exact) mass is 260 g/mol. The Morgan fingerprint density at radius 3 is 2.89 bits per heavy atom. The number of aryl methyl sites for hydroxylation is 1. The molecule has 0 unspecified atom stereocenters. The first-order valence-corrected chi connectivity index (χ1v) is 6.50. The summed E-state index contributed by atoms with van der Waals surface area (Å²) in [6, 6.07) is 3.93. The molecule has 0 amide bonds. The maximum atomic E-state index is 9.06. The number of aliphatic hydroxyl groups is 1. The topological polar surface area (TPSA) is 54.2 Å². The smallest absolute Gasteiger partial charge is 0.0983 e. The lowest BCUT2D eigenvalue weighted by Crippen LogP contribution is -2.26. The number of hydrogen-bond donors (Lipinski definition) is 1. The van der Waals surface area contributed by atoms with Crippen LogP contribution < -0.4 is 0 Å². The van der Waals surface area contributed by atoms with Crippen LogP contribution in [-0.2, 0) is 13.6 Å². The van der Waals surface area contributed by atoms with Crippen LogP contribution in [0, 0.1) is 0 Å². The molecule has 0 atom stereocenters. The molecule has 102 valence electrons. The third kappa shape index (κ3) is 3.39. The van der Waals surface area contributed by atoms with Gasteiger partial charge in [0.05, 0.1) is 12.3 Å². The third-order valence-electron chi connectivity index (χ3n) is 3.10. The van der Waals surface area contributed by atoms with Crippen LogP contribution in [0.1, 0.15) is 12.5 Å². The molecule has 2 heterocycles. The maximum absolute atomic E-state index is 9.06. The van der Waals surface area contributed by atoms with Crippen molar-refractivity contribution in [3.8, 4) is 11.3 Å². The quantitative estimate of drug-likeness (QED) is 0.850. The molecule has 0 aromatic carbocycles. The SMILES string of the molecule is CCN(CCO)Cc1cn(C)nc1-c1cccnc1. The fourth-order valence-corrected chi connectivity index (χ4v) is 2.13. The molecule has 0 aliphatic carbocycles. The fourth-order valence-electron chi connectivity index (χ4n) is 2.13. The first-order valence-electron chi connectivity index (χ1n) is 6.50. The number of likely N-dealkylation sites (N-methyl/N-ethyl adjacent to an activating group) is 1. The van der Waals surface area contributed by atoms with Crippen LogP contribution in [-0.4, -0.2) is 44.5 Å². The second kappa shape index (κ2) is 6.45. The Labute approximate surface area is 113 Å². The van der Waals surface area contributed by atoms with E-state index in [0.29, 0.717) is 6.54 Å². The lowest BCUT2D eigenvalue weighted by atomic mass is 10.1. The van der Waals surface area contributed by atoms with Crippen LogP contribution in [0.15, 0.2) is 30.7 Å². The number of aromatic nitrogens is 3. The van der Waals surface area contributed by atoms with Gasteiger partial charge in [0.1, 0.15) is 0 Å². The van der Waals surface area contributed by atoms with Gasteiger partial charge in [-0.2, -0.15) is 5.10 Å². The average molecular weight is 260 g/mol. The summed E-state index contributed by atoms with van der Waals surface area (Å²) in [6.45, 7) is 4.64. The molecule has 0 spiro atoms. The summed E-state index contributed by atoms with van der Waals surface area (Å²) in [4.78, 5) is 6.34. The summed E-state index contributed by atoms with van der Waals surface area (Å²) >= 11 is 0. The van der Waals surface area contributed by atoms with E-state index in [0.717, 1.165) is 29.9 Å². The maximum Gasteiger partial charge on any atom is 0.0983 e. The van der Waals surface area contributed by atoms with Crippen molar-refractivity contribution in [1.82, 2.24) is 19.7 Å². The highest BCUT2D eigenvalue weighted by molar-refractivity contribution is 5.61. The van der Waals surface area contributed by atoms with Gasteiger partial charge >= 0.3 is 0 Å². The molecule has 2 aromatic rings. The molecule has 0 aliphatic rings. The zero-order valence-electron chi connectivity index (χ0n) is 11.5. The van der Waals surface area contributed by atoms with Gasteiger partial charge in [0.2, 0.25) is 0 Å². The number of rotatable bonds is 6. The summed E-state index contributed by atoms with van der Waals surface area (Å²) in [6.07, 6.45) is 5.62. The van der Waals surface area contributed by atoms with Crippen molar-refractivity contribution >= 4 is 0 Å². The van der Waals surface area contributed by atoms with Crippen molar-refractivity contribution in [3.05, 3.63) is 36.3 Å². The van der Waals surface area contributed by atoms with Gasteiger partial charge in [0.25, 0.3) is 0 Å². The van der Waals surface area contributed by atoms with Crippen molar-refractivity contribution in [1.29, 1.82) is 0 Å². The molecule has 0 fully saturated rings. The Kier molecular flexibility index (Phi) is 4.65. The molecular formula is C14H20N4O. The van der Waals surface area contributed by atoms with Gasteiger partial charge < -0.3 is 5.11 Å². The normalized spacial score (nSPS) is 11.2. The highest BCUT2D eigenvalue weighted by Gasteiger charge is 2.13. The van der Waals surface area contributed by atoms with Crippen molar-refractivity contribution in [2.75, 3.05) is 19.7 Å². The highest BCUT2D eigenvalue weighted by Crippen LogP contribution is 2.22. The van der Waals surface area contributed by atoms with Crippen molar-refractivity contribution in [3.63, 3.8) is 0 Å². The van der Waals surface area contributed by atoms with E-state index in [1.165, 1.54) is 0 Å². The molecule has 1 N–H and O–H groups in total. The van der Waals surface area contributed by atoms with Crippen molar-refractivity contribution in [2.45, 2.75) is 13.5 Å². The second-order valence-corrected chi connectivity index (χ2v) is 4.51. The average Bonchev–Trinajstić information content (AvgIpc) is 2.80. The van der Waals surface area contributed by atoms with Crippen molar-refractivity contribution < 1.29 is 5.11 Å². The van der Waals surface area contributed by atoms with Gasteiger partial charge in [-0.25, -0.2) is 0 Å². The number of hydrogen-bond acceptors (Lipinski definition) is 4. The Bertz CT molecular complexity index is 509.